The number of aliphatic hydroxyl groups excluding tert-OH is 1. The summed E-state index contributed by atoms with van der Waals surface area (Å²) >= 11 is 0. The first-order valence-electron chi connectivity index (χ1n) is 7.23. The van der Waals surface area contributed by atoms with Gasteiger partial charge in [-0.15, -0.1) is 0 Å². The topological polar surface area (TPSA) is 102 Å². The van der Waals surface area contributed by atoms with Crippen LogP contribution in [0.15, 0.2) is 17.4 Å². The van der Waals surface area contributed by atoms with Crippen LogP contribution in [0.4, 0.5) is 0 Å². The van der Waals surface area contributed by atoms with Gasteiger partial charge in [0.1, 0.15) is 0 Å². The number of imidazole rings is 1. The summed E-state index contributed by atoms with van der Waals surface area (Å²) in [5, 5.41) is 9.39. The van der Waals surface area contributed by atoms with E-state index in [1.165, 1.54) is 12.7 Å². The summed E-state index contributed by atoms with van der Waals surface area (Å²) in [7, 11) is -1.78. The number of hydrogen-bond acceptors (Lipinski definition) is 6. The minimum Gasteiger partial charge on any atom is -0.410 e. The molecule has 1 fully saturated rings. The lowest BCUT2D eigenvalue weighted by atomic mass is 10.2. The van der Waals surface area contributed by atoms with E-state index >= 15 is 0 Å². The Bertz CT molecular complexity index is 723. The summed E-state index contributed by atoms with van der Waals surface area (Å²) in [6.45, 7) is 6.24. The zero-order valence-electron chi connectivity index (χ0n) is 12.8. The van der Waals surface area contributed by atoms with Gasteiger partial charge in [-0.2, -0.15) is 0 Å². The van der Waals surface area contributed by atoms with Gasteiger partial charge in [0.05, 0.1) is 31.5 Å². The van der Waals surface area contributed by atoms with E-state index in [4.69, 9.17) is 9.16 Å². The molecule has 1 unspecified atom stereocenters. The number of hydrogen-bond donors (Lipinski definition) is 2. The molecule has 3 rings (SSSR count). The lowest BCUT2D eigenvalue weighted by Crippen LogP contribution is -2.35. The number of nitrogens with one attached hydrogen (secondary N) is 1. The largest absolute Gasteiger partial charge is 0.410 e. The first-order valence-corrected chi connectivity index (χ1v) is 10.6. The Morgan fingerprint density at radius 2 is 2.27 bits per heavy atom. The van der Waals surface area contributed by atoms with E-state index in [-0.39, 0.29) is 29.9 Å². The molecule has 0 saturated carbocycles. The number of aliphatic hydroxyl groups is 1. The number of rotatable bonds is 4. The molecule has 1 saturated heterocycles. The molecule has 2 aromatic rings. The monoisotopic (exact) mass is 324 g/mol. The summed E-state index contributed by atoms with van der Waals surface area (Å²) in [6.07, 6.45) is 2.57. The number of ether oxygens (including phenoxy) is 1. The fraction of sp³-hybridized carbons (Fsp3) is 0.615. The van der Waals surface area contributed by atoms with Gasteiger partial charge in [-0.05, 0) is 19.6 Å². The van der Waals surface area contributed by atoms with Gasteiger partial charge >= 0.3 is 0 Å². The van der Waals surface area contributed by atoms with Crippen molar-refractivity contribution in [3.63, 3.8) is 0 Å². The van der Waals surface area contributed by atoms with Crippen LogP contribution < -0.4 is 5.56 Å². The van der Waals surface area contributed by atoms with E-state index in [0.717, 1.165) is 0 Å². The predicted octanol–water partition coefficient (Wildman–Crippen LogP) is 0.619. The number of aromatic amines is 1. The fourth-order valence-corrected chi connectivity index (χ4v) is 3.81. The molecule has 3 atom stereocenters. The standard InChI is InChI=1S/C13H20N4O4Si/c1-22(2,3)21-9-4-8(5-18)20-13(9)17-7-16-10-11(17)14-6-15-12(10)19/h6-9,13,18H,4-5H2,1-3H3,(H,14,15,19)/t8-,9?,13+/m0/s1. The van der Waals surface area contributed by atoms with Gasteiger partial charge in [0.2, 0.25) is 0 Å². The molecule has 2 N–H and O–H groups in total. The van der Waals surface area contributed by atoms with Crippen LogP contribution in [-0.2, 0) is 9.16 Å². The van der Waals surface area contributed by atoms with Gasteiger partial charge in [-0.25, -0.2) is 9.97 Å². The Balaban J connectivity index is 1.99. The molecule has 0 radical (unpaired) electrons. The third-order valence-corrected chi connectivity index (χ3v) is 4.50. The molecule has 0 amide bonds. The second kappa shape index (κ2) is 5.58. The lowest BCUT2D eigenvalue weighted by molar-refractivity contribution is -0.0451. The van der Waals surface area contributed by atoms with E-state index < -0.39 is 14.5 Å². The Kier molecular flexibility index (Phi) is 3.89. The molecule has 8 nitrogen and oxygen atoms in total. The Morgan fingerprint density at radius 3 is 2.95 bits per heavy atom. The zero-order chi connectivity index (χ0) is 15.9. The van der Waals surface area contributed by atoms with Crippen molar-refractivity contribution < 1.29 is 14.3 Å². The molecular formula is C13H20N4O4Si. The number of nitrogens with zero attached hydrogens (tertiary/aromatic N) is 3. The normalized spacial score (nSPS) is 25.9. The average molecular weight is 324 g/mol. The molecule has 3 heterocycles. The average Bonchev–Trinajstić information content (AvgIpc) is 3.01. The molecule has 0 aliphatic carbocycles. The number of aromatic nitrogens is 4. The summed E-state index contributed by atoms with van der Waals surface area (Å²) in [5.74, 6) is 0. The predicted molar refractivity (Wildman–Crippen MR) is 82.0 cm³/mol. The molecule has 9 heteroatoms. The van der Waals surface area contributed by atoms with Gasteiger partial charge in [-0.1, -0.05) is 0 Å². The highest BCUT2D eigenvalue weighted by Crippen LogP contribution is 2.34. The van der Waals surface area contributed by atoms with Crippen molar-refractivity contribution >= 4 is 19.5 Å². The van der Waals surface area contributed by atoms with Crippen LogP contribution in [0.25, 0.3) is 11.2 Å². The molecule has 0 bridgehead atoms. The molecule has 2 aromatic heterocycles. The maximum atomic E-state index is 11.8. The summed E-state index contributed by atoms with van der Waals surface area (Å²) in [6, 6.07) is 0. The lowest BCUT2D eigenvalue weighted by Gasteiger charge is -2.27. The summed E-state index contributed by atoms with van der Waals surface area (Å²) in [4.78, 5) is 22.6. The first-order chi connectivity index (χ1) is 10.4. The van der Waals surface area contributed by atoms with Crippen molar-refractivity contribution in [2.24, 2.45) is 0 Å². The van der Waals surface area contributed by atoms with Crippen LogP contribution in [0, 0.1) is 0 Å². The molecule has 0 spiro atoms. The van der Waals surface area contributed by atoms with Gasteiger partial charge in [0, 0.05) is 6.42 Å². The second-order valence-electron chi connectivity index (χ2n) is 6.39. The quantitative estimate of drug-likeness (QED) is 0.799. The highest BCUT2D eigenvalue weighted by molar-refractivity contribution is 6.69. The van der Waals surface area contributed by atoms with Crippen molar-refractivity contribution in [1.29, 1.82) is 0 Å². The maximum absolute atomic E-state index is 11.8. The Labute approximate surface area is 128 Å². The zero-order valence-corrected chi connectivity index (χ0v) is 13.8. The van der Waals surface area contributed by atoms with Crippen molar-refractivity contribution in [2.75, 3.05) is 6.61 Å². The molecule has 0 aromatic carbocycles. The number of fused-ring (bicyclic) bond motifs is 1. The van der Waals surface area contributed by atoms with Gasteiger partial charge in [0.25, 0.3) is 5.56 Å². The van der Waals surface area contributed by atoms with Crippen LogP contribution in [0.3, 0.4) is 0 Å². The van der Waals surface area contributed by atoms with Crippen molar-refractivity contribution in [3.05, 3.63) is 23.0 Å². The minimum absolute atomic E-state index is 0.0668. The third-order valence-electron chi connectivity index (χ3n) is 3.49. The summed E-state index contributed by atoms with van der Waals surface area (Å²) < 4.78 is 13.8. The minimum atomic E-state index is -1.78. The highest BCUT2D eigenvalue weighted by Gasteiger charge is 2.40. The van der Waals surface area contributed by atoms with Gasteiger partial charge in [-0.3, -0.25) is 9.36 Å². The van der Waals surface area contributed by atoms with E-state index in [1.807, 2.05) is 0 Å². The van der Waals surface area contributed by atoms with Crippen molar-refractivity contribution in [1.82, 2.24) is 19.5 Å². The highest BCUT2D eigenvalue weighted by atomic mass is 28.4. The third kappa shape index (κ3) is 2.84. The van der Waals surface area contributed by atoms with Crippen LogP contribution in [0.5, 0.6) is 0 Å². The van der Waals surface area contributed by atoms with E-state index in [0.29, 0.717) is 12.1 Å². The van der Waals surface area contributed by atoms with Gasteiger partial charge < -0.3 is 19.3 Å². The van der Waals surface area contributed by atoms with E-state index in [1.54, 1.807) is 4.57 Å². The molecule has 120 valence electrons. The van der Waals surface area contributed by atoms with Crippen LogP contribution >= 0.6 is 0 Å². The molecule has 22 heavy (non-hydrogen) atoms. The van der Waals surface area contributed by atoms with E-state index in [9.17, 15) is 9.90 Å². The van der Waals surface area contributed by atoms with Gasteiger partial charge in [0.15, 0.2) is 25.7 Å². The van der Waals surface area contributed by atoms with Crippen LogP contribution in [0.2, 0.25) is 19.6 Å². The fourth-order valence-electron chi connectivity index (χ4n) is 2.69. The smallest absolute Gasteiger partial charge is 0.278 e. The summed E-state index contributed by atoms with van der Waals surface area (Å²) in [5.41, 5.74) is 0.435. The number of H-pyrrole nitrogens is 1. The van der Waals surface area contributed by atoms with Crippen molar-refractivity contribution in [3.8, 4) is 0 Å². The SMILES string of the molecule is C[Si](C)(C)OC1C[C@@H](CO)O[C@H]1n1cnc2c(=O)[nH]cnc21. The first kappa shape index (κ1) is 15.3. The molecular weight excluding hydrogens is 304 g/mol. The second-order valence-corrected chi connectivity index (χ2v) is 10.9. The molecule has 1 aliphatic heterocycles. The van der Waals surface area contributed by atoms with E-state index in [2.05, 4.69) is 34.6 Å². The Hall–Kier alpha value is -1.55. The van der Waals surface area contributed by atoms with Crippen LogP contribution in [-0.4, -0.2) is 51.8 Å². The Morgan fingerprint density at radius 1 is 1.50 bits per heavy atom. The van der Waals surface area contributed by atoms with Crippen LogP contribution in [0.1, 0.15) is 12.6 Å². The molecule has 1 aliphatic rings. The van der Waals surface area contributed by atoms with Crippen molar-refractivity contribution in [2.45, 2.75) is 44.5 Å². The maximum Gasteiger partial charge on any atom is 0.278 e.